The Morgan fingerprint density at radius 2 is 1.60 bits per heavy atom. The van der Waals surface area contributed by atoms with Crippen molar-refractivity contribution in [2.75, 3.05) is 13.1 Å². The van der Waals surface area contributed by atoms with Crippen molar-refractivity contribution in [3.8, 4) is 5.75 Å². The molecule has 1 fully saturated rings. The van der Waals surface area contributed by atoms with Gasteiger partial charge >= 0.3 is 12.2 Å². The number of hydrogen-bond donors (Lipinski definition) is 1. The zero-order valence-corrected chi connectivity index (χ0v) is 20.7. The summed E-state index contributed by atoms with van der Waals surface area (Å²) in [6.07, 6.45) is -0.961. The molecule has 1 N–H and O–H groups in total. The molecule has 1 saturated heterocycles. The fourth-order valence-electron chi connectivity index (χ4n) is 3.07. The van der Waals surface area contributed by atoms with E-state index < -0.39 is 28.9 Å². The number of likely N-dealkylation sites (tertiary alicyclic amines) is 1. The van der Waals surface area contributed by atoms with E-state index in [-0.39, 0.29) is 19.2 Å². The lowest BCUT2D eigenvalue weighted by Gasteiger charge is -2.50. The predicted octanol–water partition coefficient (Wildman–Crippen LogP) is 5.21. The third kappa shape index (κ3) is 6.79. The SMILES string of the molecule is CC(C)Oc1cc(Br)cc(C2(NC(=O)OC(C)(C)C)CN(C(=O)OC(C)(C)C)C2)c1. The molecule has 1 aromatic carbocycles. The van der Waals surface area contributed by atoms with Crippen molar-refractivity contribution in [2.24, 2.45) is 0 Å². The van der Waals surface area contributed by atoms with Crippen LogP contribution in [0.25, 0.3) is 0 Å². The Balaban J connectivity index is 2.31. The van der Waals surface area contributed by atoms with Gasteiger partial charge in [0.2, 0.25) is 0 Å². The molecule has 0 radical (unpaired) electrons. The van der Waals surface area contributed by atoms with Crippen LogP contribution in [0, 0.1) is 0 Å². The van der Waals surface area contributed by atoms with Crippen molar-refractivity contribution >= 4 is 28.1 Å². The molecular weight excluding hydrogens is 452 g/mol. The second-order valence-corrected chi connectivity index (χ2v) is 10.8. The fourth-order valence-corrected chi connectivity index (χ4v) is 3.55. The molecule has 0 aliphatic carbocycles. The van der Waals surface area contributed by atoms with Gasteiger partial charge < -0.3 is 24.4 Å². The summed E-state index contributed by atoms with van der Waals surface area (Å²) in [5.41, 5.74) is -1.22. The van der Waals surface area contributed by atoms with E-state index >= 15 is 0 Å². The van der Waals surface area contributed by atoms with Gasteiger partial charge in [0.25, 0.3) is 0 Å². The zero-order valence-electron chi connectivity index (χ0n) is 19.1. The summed E-state index contributed by atoms with van der Waals surface area (Å²) in [5.74, 6) is 0.676. The molecule has 2 rings (SSSR count). The van der Waals surface area contributed by atoms with Gasteiger partial charge in [-0.05, 0) is 79.2 Å². The minimum atomic E-state index is -0.807. The molecule has 30 heavy (non-hydrogen) atoms. The second-order valence-electron chi connectivity index (χ2n) is 9.89. The number of alkyl carbamates (subject to hydrolysis) is 1. The Labute approximate surface area is 187 Å². The average Bonchev–Trinajstić information content (AvgIpc) is 2.45. The highest BCUT2D eigenvalue weighted by Crippen LogP contribution is 2.37. The molecule has 7 nitrogen and oxygen atoms in total. The van der Waals surface area contributed by atoms with Gasteiger partial charge in [0, 0.05) is 4.47 Å². The van der Waals surface area contributed by atoms with Crippen LogP contribution < -0.4 is 10.1 Å². The van der Waals surface area contributed by atoms with Crippen LogP contribution in [-0.4, -0.2) is 47.5 Å². The molecule has 1 aliphatic rings. The number of amides is 2. The van der Waals surface area contributed by atoms with Gasteiger partial charge in [-0.3, -0.25) is 0 Å². The van der Waals surface area contributed by atoms with Gasteiger partial charge in [-0.1, -0.05) is 15.9 Å². The maximum Gasteiger partial charge on any atom is 0.410 e. The highest BCUT2D eigenvalue weighted by Gasteiger charge is 2.50. The maximum atomic E-state index is 12.6. The number of halogens is 1. The van der Waals surface area contributed by atoms with Gasteiger partial charge in [0.15, 0.2) is 0 Å². The fraction of sp³-hybridized carbons (Fsp3) is 0.636. The van der Waals surface area contributed by atoms with Gasteiger partial charge in [-0.2, -0.15) is 0 Å². The van der Waals surface area contributed by atoms with E-state index in [1.807, 2.05) is 52.8 Å². The average molecular weight is 485 g/mol. The molecule has 8 heteroatoms. The summed E-state index contributed by atoms with van der Waals surface area (Å²) in [4.78, 5) is 26.6. The van der Waals surface area contributed by atoms with Crippen LogP contribution in [-0.2, 0) is 15.0 Å². The van der Waals surface area contributed by atoms with E-state index in [0.717, 1.165) is 10.0 Å². The first-order chi connectivity index (χ1) is 13.6. The molecule has 168 valence electrons. The molecular formula is C22H33BrN2O5. The van der Waals surface area contributed by atoms with Crippen LogP contribution in [0.2, 0.25) is 0 Å². The van der Waals surface area contributed by atoms with Crippen molar-refractivity contribution in [1.82, 2.24) is 10.2 Å². The summed E-state index contributed by atoms with van der Waals surface area (Å²) in [6, 6.07) is 5.67. The number of carbonyl (C=O) groups excluding carboxylic acids is 2. The Morgan fingerprint density at radius 3 is 2.10 bits per heavy atom. The largest absolute Gasteiger partial charge is 0.491 e. The molecule has 2 amide bonds. The lowest BCUT2D eigenvalue weighted by molar-refractivity contribution is -0.0230. The third-order valence-electron chi connectivity index (χ3n) is 4.11. The first kappa shape index (κ1) is 24.3. The molecule has 0 saturated carbocycles. The van der Waals surface area contributed by atoms with E-state index in [1.54, 1.807) is 25.7 Å². The molecule has 0 aromatic heterocycles. The quantitative estimate of drug-likeness (QED) is 0.634. The van der Waals surface area contributed by atoms with Crippen LogP contribution in [0.15, 0.2) is 22.7 Å². The van der Waals surface area contributed by atoms with E-state index in [9.17, 15) is 9.59 Å². The Kier molecular flexibility index (Phi) is 7.01. The number of nitrogens with one attached hydrogen (secondary N) is 1. The summed E-state index contributed by atoms with van der Waals surface area (Å²) in [6.45, 7) is 15.3. The number of benzene rings is 1. The molecule has 0 unspecified atom stereocenters. The Morgan fingerprint density at radius 1 is 1.03 bits per heavy atom. The van der Waals surface area contributed by atoms with E-state index in [4.69, 9.17) is 14.2 Å². The maximum absolute atomic E-state index is 12.6. The van der Waals surface area contributed by atoms with Crippen LogP contribution in [0.4, 0.5) is 9.59 Å². The van der Waals surface area contributed by atoms with Gasteiger partial charge in [0.1, 0.15) is 22.5 Å². The van der Waals surface area contributed by atoms with Gasteiger partial charge in [-0.25, -0.2) is 9.59 Å². The topological polar surface area (TPSA) is 77.1 Å². The summed E-state index contributed by atoms with van der Waals surface area (Å²) in [7, 11) is 0. The highest BCUT2D eigenvalue weighted by atomic mass is 79.9. The summed E-state index contributed by atoms with van der Waals surface area (Å²) < 4.78 is 17.6. The minimum Gasteiger partial charge on any atom is -0.491 e. The number of hydrogen-bond acceptors (Lipinski definition) is 5. The Bertz CT molecular complexity index is 790. The van der Waals surface area contributed by atoms with Crippen molar-refractivity contribution < 1.29 is 23.8 Å². The zero-order chi connectivity index (χ0) is 22.9. The van der Waals surface area contributed by atoms with E-state index in [2.05, 4.69) is 21.2 Å². The number of ether oxygens (including phenoxy) is 3. The van der Waals surface area contributed by atoms with Crippen molar-refractivity contribution in [3.05, 3.63) is 28.2 Å². The lowest BCUT2D eigenvalue weighted by Crippen LogP contribution is -2.69. The first-order valence-electron chi connectivity index (χ1n) is 10.1. The number of nitrogens with zero attached hydrogens (tertiary/aromatic N) is 1. The second kappa shape index (κ2) is 8.65. The van der Waals surface area contributed by atoms with Gasteiger partial charge in [0.05, 0.1) is 19.2 Å². The summed E-state index contributed by atoms with van der Waals surface area (Å²) >= 11 is 3.52. The van der Waals surface area contributed by atoms with Crippen molar-refractivity contribution in [3.63, 3.8) is 0 Å². The smallest absolute Gasteiger partial charge is 0.410 e. The summed E-state index contributed by atoms with van der Waals surface area (Å²) in [5, 5.41) is 2.97. The molecule has 1 aromatic rings. The molecule has 0 atom stereocenters. The van der Waals surface area contributed by atoms with Crippen LogP contribution in [0.3, 0.4) is 0 Å². The van der Waals surface area contributed by atoms with Gasteiger partial charge in [-0.15, -0.1) is 0 Å². The monoisotopic (exact) mass is 484 g/mol. The van der Waals surface area contributed by atoms with Crippen molar-refractivity contribution in [1.29, 1.82) is 0 Å². The molecule has 0 spiro atoms. The van der Waals surface area contributed by atoms with Crippen molar-refractivity contribution in [2.45, 2.75) is 78.2 Å². The molecule has 1 heterocycles. The van der Waals surface area contributed by atoms with Crippen LogP contribution in [0.5, 0.6) is 5.75 Å². The number of rotatable bonds is 4. The van der Waals surface area contributed by atoms with E-state index in [1.165, 1.54) is 0 Å². The molecule has 0 bridgehead atoms. The van der Waals surface area contributed by atoms with Crippen LogP contribution in [0.1, 0.15) is 61.0 Å². The number of carbonyl (C=O) groups is 2. The standard InChI is InChI=1S/C22H33BrN2O5/c1-14(2)28-17-10-15(9-16(23)11-17)22(24-18(26)29-20(3,4)5)12-25(13-22)19(27)30-21(6,7)8/h9-11,14H,12-13H2,1-8H3,(H,24,26). The normalized spacial score (nSPS) is 16.0. The highest BCUT2D eigenvalue weighted by molar-refractivity contribution is 9.10. The molecule has 1 aliphatic heterocycles. The lowest BCUT2D eigenvalue weighted by atomic mass is 9.82. The third-order valence-corrected chi connectivity index (χ3v) is 4.57. The van der Waals surface area contributed by atoms with E-state index in [0.29, 0.717) is 5.75 Å². The minimum absolute atomic E-state index is 0.00145. The van der Waals surface area contributed by atoms with Crippen LogP contribution >= 0.6 is 15.9 Å². The predicted molar refractivity (Wildman–Crippen MR) is 119 cm³/mol. The first-order valence-corrected chi connectivity index (χ1v) is 10.8. The Hall–Kier alpha value is -1.96.